The van der Waals surface area contributed by atoms with Crippen LogP contribution in [0.25, 0.3) is 16.0 Å². The Morgan fingerprint density at radius 1 is 1.32 bits per heavy atom. The van der Waals surface area contributed by atoms with Crippen LogP contribution in [0.5, 0.6) is 5.75 Å². The van der Waals surface area contributed by atoms with Crippen molar-refractivity contribution >= 4 is 62.3 Å². The molecule has 11 heteroatoms. The van der Waals surface area contributed by atoms with E-state index in [9.17, 15) is 9.59 Å². The van der Waals surface area contributed by atoms with Crippen molar-refractivity contribution in [2.75, 3.05) is 18.2 Å². The molecular weight excluding hydrogens is 458 g/mol. The first kappa shape index (κ1) is 21.7. The Labute approximate surface area is 191 Å². The average molecular weight is 478 g/mol. The molecule has 0 saturated heterocycles. The van der Waals surface area contributed by atoms with Crippen molar-refractivity contribution in [3.63, 3.8) is 0 Å². The lowest BCUT2D eigenvalue weighted by molar-refractivity contribution is -0.113. The first-order valence-electron chi connectivity index (χ1n) is 9.50. The maximum absolute atomic E-state index is 12.9. The van der Waals surface area contributed by atoms with Crippen molar-refractivity contribution in [2.45, 2.75) is 25.5 Å². The van der Waals surface area contributed by atoms with Gasteiger partial charge in [-0.05, 0) is 35.6 Å². The Balaban J connectivity index is 1.63. The number of aromatic nitrogens is 4. The molecular formula is C20H20ClN5O3S2. The first-order chi connectivity index (χ1) is 14.9. The number of nitrogens with zero attached hydrogens (tertiary/aromatic N) is 4. The molecule has 162 valence electrons. The van der Waals surface area contributed by atoms with E-state index in [1.807, 2.05) is 29.7 Å². The second-order valence-corrected chi connectivity index (χ2v) is 9.54. The molecule has 1 aromatic carbocycles. The smallest absolute Gasteiger partial charge is 0.272 e. The summed E-state index contributed by atoms with van der Waals surface area (Å²) in [4.78, 5) is 25.5. The molecule has 4 aromatic rings. The number of anilines is 1. The highest BCUT2D eigenvalue weighted by Gasteiger charge is 2.19. The zero-order valence-corrected chi connectivity index (χ0v) is 19.5. The lowest BCUT2D eigenvalue weighted by atomic mass is 10.2. The van der Waals surface area contributed by atoms with Crippen molar-refractivity contribution in [1.82, 2.24) is 19.2 Å². The molecule has 3 heterocycles. The van der Waals surface area contributed by atoms with Crippen LogP contribution in [0.4, 0.5) is 5.69 Å². The summed E-state index contributed by atoms with van der Waals surface area (Å²) < 4.78 is 9.40. The van der Waals surface area contributed by atoms with Crippen LogP contribution >= 0.6 is 34.7 Å². The molecule has 0 fully saturated rings. The van der Waals surface area contributed by atoms with Gasteiger partial charge in [0.1, 0.15) is 10.4 Å². The van der Waals surface area contributed by atoms with Crippen molar-refractivity contribution in [1.29, 1.82) is 0 Å². The number of rotatable bonds is 7. The van der Waals surface area contributed by atoms with Gasteiger partial charge in [-0.2, -0.15) is 0 Å². The summed E-state index contributed by atoms with van der Waals surface area (Å²) in [5, 5.41) is 14.2. The summed E-state index contributed by atoms with van der Waals surface area (Å²) in [6, 6.07) is 6.89. The van der Waals surface area contributed by atoms with E-state index in [0.29, 0.717) is 38.6 Å². The molecule has 3 aromatic heterocycles. The second kappa shape index (κ2) is 8.89. The highest BCUT2D eigenvalue weighted by Crippen LogP contribution is 2.29. The van der Waals surface area contributed by atoms with Crippen LogP contribution < -0.4 is 15.6 Å². The molecule has 1 amide bonds. The van der Waals surface area contributed by atoms with E-state index >= 15 is 0 Å². The molecule has 0 aliphatic carbocycles. The van der Waals surface area contributed by atoms with Crippen LogP contribution in [0.3, 0.4) is 0 Å². The Kier molecular flexibility index (Phi) is 6.22. The number of ether oxygens (including phenoxy) is 1. The molecule has 0 aliphatic heterocycles. The Hall–Kier alpha value is -2.56. The molecule has 0 atom stereocenters. The van der Waals surface area contributed by atoms with Crippen LogP contribution in [0.1, 0.15) is 13.8 Å². The topological polar surface area (TPSA) is 90.5 Å². The largest absolute Gasteiger partial charge is 0.495 e. The monoisotopic (exact) mass is 477 g/mol. The van der Waals surface area contributed by atoms with Gasteiger partial charge in [-0.15, -0.1) is 21.5 Å². The average Bonchev–Trinajstić information content (AvgIpc) is 3.36. The number of amides is 1. The lowest BCUT2D eigenvalue weighted by Gasteiger charge is -2.11. The van der Waals surface area contributed by atoms with E-state index in [0.717, 1.165) is 5.52 Å². The SMILES string of the molecule is COc1ccc(Cl)cc1NC(=O)CSc1nnc2n(CC(C)C)c(=O)c3sccc3n12. The Morgan fingerprint density at radius 2 is 2.13 bits per heavy atom. The van der Waals surface area contributed by atoms with E-state index in [-0.39, 0.29) is 23.1 Å². The maximum Gasteiger partial charge on any atom is 0.272 e. The van der Waals surface area contributed by atoms with Crippen LogP contribution in [0.15, 0.2) is 39.6 Å². The minimum Gasteiger partial charge on any atom is -0.495 e. The van der Waals surface area contributed by atoms with E-state index in [1.165, 1.54) is 30.2 Å². The van der Waals surface area contributed by atoms with Gasteiger partial charge in [-0.25, -0.2) is 0 Å². The Morgan fingerprint density at radius 3 is 2.87 bits per heavy atom. The standard InChI is InChI=1S/C20H20ClN5O3S2/c1-11(2)9-25-18(28)17-14(6-7-30-17)26-19(25)23-24-20(26)31-10-16(27)22-13-8-12(21)4-5-15(13)29-3/h4-8,11H,9-10H2,1-3H3,(H,22,27). The highest BCUT2D eigenvalue weighted by atomic mass is 35.5. The predicted octanol–water partition coefficient (Wildman–Crippen LogP) is 4.15. The maximum atomic E-state index is 12.9. The number of thiophene rings is 1. The zero-order valence-electron chi connectivity index (χ0n) is 17.1. The fourth-order valence-electron chi connectivity index (χ4n) is 3.22. The number of halogens is 1. The summed E-state index contributed by atoms with van der Waals surface area (Å²) in [6.07, 6.45) is 0. The number of hydrogen-bond acceptors (Lipinski definition) is 7. The molecule has 0 unspecified atom stereocenters. The van der Waals surface area contributed by atoms with Crippen molar-refractivity contribution in [3.05, 3.63) is 45.0 Å². The van der Waals surface area contributed by atoms with Gasteiger partial charge < -0.3 is 10.1 Å². The predicted molar refractivity (Wildman–Crippen MR) is 125 cm³/mol. The van der Waals surface area contributed by atoms with Gasteiger partial charge in [0.05, 0.1) is 24.1 Å². The number of methoxy groups -OCH3 is 1. The van der Waals surface area contributed by atoms with Crippen molar-refractivity contribution in [3.8, 4) is 5.75 Å². The van der Waals surface area contributed by atoms with Crippen molar-refractivity contribution < 1.29 is 9.53 Å². The molecule has 4 rings (SSSR count). The van der Waals surface area contributed by atoms with Gasteiger partial charge in [0.15, 0.2) is 5.16 Å². The minimum atomic E-state index is -0.237. The zero-order chi connectivity index (χ0) is 22.1. The van der Waals surface area contributed by atoms with Gasteiger partial charge in [-0.1, -0.05) is 37.2 Å². The molecule has 0 saturated carbocycles. The summed E-state index contributed by atoms with van der Waals surface area (Å²) in [5.74, 6) is 1.13. The van der Waals surface area contributed by atoms with E-state index in [1.54, 1.807) is 22.8 Å². The summed E-state index contributed by atoms with van der Waals surface area (Å²) in [6.45, 7) is 4.62. The number of carbonyl (C=O) groups excluding carboxylic acids is 1. The first-order valence-corrected chi connectivity index (χ1v) is 11.7. The fourth-order valence-corrected chi connectivity index (χ4v) is 4.95. The lowest BCUT2D eigenvalue weighted by Crippen LogP contribution is -2.24. The summed E-state index contributed by atoms with van der Waals surface area (Å²) in [7, 11) is 1.53. The normalized spacial score (nSPS) is 11.5. The number of nitrogens with one attached hydrogen (secondary N) is 1. The molecule has 0 spiro atoms. The van der Waals surface area contributed by atoms with Crippen molar-refractivity contribution in [2.24, 2.45) is 5.92 Å². The van der Waals surface area contributed by atoms with Gasteiger partial charge in [0.25, 0.3) is 5.56 Å². The van der Waals surface area contributed by atoms with Gasteiger partial charge >= 0.3 is 0 Å². The van der Waals surface area contributed by atoms with Gasteiger partial charge in [-0.3, -0.25) is 18.6 Å². The van der Waals surface area contributed by atoms with Gasteiger partial charge in [0.2, 0.25) is 11.7 Å². The third-order valence-electron chi connectivity index (χ3n) is 4.50. The molecule has 0 aliphatic rings. The molecule has 0 radical (unpaired) electrons. The fraction of sp³-hybridized carbons (Fsp3) is 0.300. The Bertz CT molecular complexity index is 1330. The minimum absolute atomic E-state index is 0.0686. The number of fused-ring (bicyclic) bond motifs is 3. The third kappa shape index (κ3) is 4.28. The number of thioether (sulfide) groups is 1. The summed E-state index contributed by atoms with van der Waals surface area (Å²) in [5.41, 5.74) is 1.17. The molecule has 8 nitrogen and oxygen atoms in total. The van der Waals surface area contributed by atoms with Crippen LogP contribution in [0.2, 0.25) is 5.02 Å². The number of hydrogen-bond donors (Lipinski definition) is 1. The summed E-state index contributed by atoms with van der Waals surface area (Å²) >= 11 is 8.66. The highest BCUT2D eigenvalue weighted by molar-refractivity contribution is 7.99. The van der Waals surface area contributed by atoms with E-state index in [4.69, 9.17) is 16.3 Å². The van der Waals surface area contributed by atoms with Crippen LogP contribution in [-0.4, -0.2) is 37.9 Å². The van der Waals surface area contributed by atoms with E-state index in [2.05, 4.69) is 15.5 Å². The van der Waals surface area contributed by atoms with Gasteiger partial charge in [0, 0.05) is 11.6 Å². The van der Waals surface area contributed by atoms with Crippen LogP contribution in [-0.2, 0) is 11.3 Å². The van der Waals surface area contributed by atoms with E-state index < -0.39 is 0 Å². The molecule has 31 heavy (non-hydrogen) atoms. The molecule has 1 N–H and O–H groups in total. The quantitative estimate of drug-likeness (QED) is 0.402. The number of benzene rings is 1. The molecule has 0 bridgehead atoms. The second-order valence-electron chi connectivity index (χ2n) is 7.24. The van der Waals surface area contributed by atoms with Crippen LogP contribution in [0, 0.1) is 5.92 Å². The third-order valence-corrected chi connectivity index (χ3v) is 6.55. The number of carbonyl (C=O) groups is 1.